The van der Waals surface area contributed by atoms with Gasteiger partial charge in [0, 0.05) is 73.8 Å². The Labute approximate surface area is 408 Å². The normalized spacial score (nSPS) is 22.6. The number of amides is 1. The number of fused-ring (bicyclic) bond motifs is 4. The average Bonchev–Trinajstić information content (AvgIpc) is 3.87. The van der Waals surface area contributed by atoms with Gasteiger partial charge in [0.1, 0.15) is 36.6 Å². The van der Waals surface area contributed by atoms with Crippen LogP contribution < -0.4 is 14.4 Å². The Morgan fingerprint density at radius 2 is 1.67 bits per heavy atom. The van der Waals surface area contributed by atoms with Crippen LogP contribution in [0.25, 0.3) is 32.8 Å². The van der Waals surface area contributed by atoms with Crippen molar-refractivity contribution in [2.24, 2.45) is 5.41 Å². The average molecular weight is 966 g/mol. The number of carbonyl (C=O) groups excluding carboxylic acids is 1. The first-order chi connectivity index (χ1) is 32.8. The standard InChI is InChI=1S/C55H73F2N5O6Si/c1-35(2)69(36(3)4,37(5)6)25-18-38-14-13-15-39-26-42(66-34-64-10)27-43(46(38)39)47-45(56)28-44-49(48(47)57)58-51(65-33-54(20-21-54)31-60-23-22-55(32-60)19-11-12-24-67-55)59-50(44)61-29-40-16-17-41(30-61)62(40)52(63)68-53(7,8)9/h13-15,26-28,35-37,40-41H,11-12,16-17,19-24,29-34H2,1-10H3. The van der Waals surface area contributed by atoms with E-state index in [0.717, 1.165) is 76.6 Å². The van der Waals surface area contributed by atoms with Crippen molar-refractivity contribution < 1.29 is 37.3 Å². The molecule has 9 rings (SSSR count). The molecule has 4 aromatic rings. The second kappa shape index (κ2) is 19.2. The number of methoxy groups -OCH3 is 1. The zero-order valence-corrected chi connectivity index (χ0v) is 43.6. The fraction of sp³-hybridized carbons (Fsp3) is 0.618. The number of carbonyl (C=O) groups is 1. The molecule has 4 saturated heterocycles. The van der Waals surface area contributed by atoms with E-state index < -0.39 is 25.3 Å². The van der Waals surface area contributed by atoms with E-state index in [9.17, 15) is 4.79 Å². The van der Waals surface area contributed by atoms with Gasteiger partial charge in [0.15, 0.2) is 12.6 Å². The fourth-order valence-corrected chi connectivity index (χ4v) is 17.7. The molecule has 11 nitrogen and oxygen atoms in total. The van der Waals surface area contributed by atoms with Gasteiger partial charge in [-0.2, -0.15) is 9.97 Å². The van der Waals surface area contributed by atoms with E-state index in [4.69, 9.17) is 33.7 Å². The van der Waals surface area contributed by atoms with Gasteiger partial charge in [-0.25, -0.2) is 13.6 Å². The zero-order valence-electron chi connectivity index (χ0n) is 42.6. The molecule has 1 spiro atoms. The number of nitrogens with zero attached hydrogens (tertiary/aromatic N) is 5. The second-order valence-corrected chi connectivity index (χ2v) is 28.3. The molecule has 5 heterocycles. The molecule has 0 N–H and O–H groups in total. The Morgan fingerprint density at radius 3 is 2.30 bits per heavy atom. The monoisotopic (exact) mass is 966 g/mol. The van der Waals surface area contributed by atoms with Crippen molar-refractivity contribution in [3.63, 3.8) is 0 Å². The van der Waals surface area contributed by atoms with Gasteiger partial charge in [0.25, 0.3) is 0 Å². The molecule has 5 fully saturated rings. The minimum Gasteiger partial charge on any atom is -0.468 e. The van der Waals surface area contributed by atoms with Crippen LogP contribution in [0, 0.1) is 28.5 Å². The van der Waals surface area contributed by atoms with Crippen LogP contribution in [0.3, 0.4) is 0 Å². The summed E-state index contributed by atoms with van der Waals surface area (Å²) in [6.07, 6.45) is 7.71. The lowest BCUT2D eigenvalue weighted by atomic mass is 9.93. The Morgan fingerprint density at radius 1 is 0.942 bits per heavy atom. The highest BCUT2D eigenvalue weighted by molar-refractivity contribution is 6.90. The molecular formula is C55H73F2N5O6Si. The van der Waals surface area contributed by atoms with Crippen LogP contribution in [0.4, 0.5) is 19.4 Å². The predicted molar refractivity (Wildman–Crippen MR) is 271 cm³/mol. The first-order valence-electron chi connectivity index (χ1n) is 25.5. The van der Waals surface area contributed by atoms with E-state index >= 15 is 8.78 Å². The molecule has 3 atom stereocenters. The van der Waals surface area contributed by atoms with Gasteiger partial charge < -0.3 is 28.6 Å². The van der Waals surface area contributed by atoms with Crippen molar-refractivity contribution in [3.8, 4) is 34.4 Å². The number of hydrogen-bond donors (Lipinski definition) is 0. The molecule has 0 radical (unpaired) electrons. The minimum absolute atomic E-state index is 0.0418. The number of ether oxygens (including phenoxy) is 5. The molecule has 3 aromatic carbocycles. The van der Waals surface area contributed by atoms with Gasteiger partial charge in [0.05, 0.1) is 29.9 Å². The molecule has 1 saturated carbocycles. The van der Waals surface area contributed by atoms with Crippen LogP contribution in [0.15, 0.2) is 36.4 Å². The van der Waals surface area contributed by atoms with Gasteiger partial charge in [-0.1, -0.05) is 59.6 Å². The molecule has 2 bridgehead atoms. The van der Waals surface area contributed by atoms with Crippen LogP contribution in [-0.4, -0.2) is 117 Å². The third-order valence-corrected chi connectivity index (χ3v) is 22.2. The number of benzene rings is 3. The van der Waals surface area contributed by atoms with E-state index in [1.807, 2.05) is 49.9 Å². The molecule has 14 heteroatoms. The van der Waals surface area contributed by atoms with Crippen LogP contribution >= 0.6 is 0 Å². The maximum absolute atomic E-state index is 18.1. The lowest BCUT2D eigenvalue weighted by molar-refractivity contribution is -0.0704. The predicted octanol–water partition coefficient (Wildman–Crippen LogP) is 11.7. The molecule has 5 aliphatic rings. The third-order valence-electron chi connectivity index (χ3n) is 15.9. The summed E-state index contributed by atoms with van der Waals surface area (Å²) in [5.74, 6) is 2.79. The summed E-state index contributed by atoms with van der Waals surface area (Å²) >= 11 is 0. The quantitative estimate of drug-likeness (QED) is 0.0732. The van der Waals surface area contributed by atoms with E-state index in [0.29, 0.717) is 64.4 Å². The molecule has 372 valence electrons. The highest BCUT2D eigenvalue weighted by Crippen LogP contribution is 2.49. The van der Waals surface area contributed by atoms with Crippen LogP contribution in [0.5, 0.6) is 11.8 Å². The number of aromatic nitrogens is 2. The summed E-state index contributed by atoms with van der Waals surface area (Å²) in [4.78, 5) is 29.8. The summed E-state index contributed by atoms with van der Waals surface area (Å²) in [6.45, 7) is 24.0. The highest BCUT2D eigenvalue weighted by Gasteiger charge is 2.50. The summed E-state index contributed by atoms with van der Waals surface area (Å²) in [6, 6.07) is 10.4. The second-order valence-electron chi connectivity index (χ2n) is 22.8. The van der Waals surface area contributed by atoms with Gasteiger partial charge in [-0.15, -0.1) is 5.54 Å². The van der Waals surface area contributed by atoms with E-state index in [2.05, 4.69) is 62.8 Å². The molecular weight excluding hydrogens is 893 g/mol. The van der Waals surface area contributed by atoms with Crippen LogP contribution in [-0.2, 0) is 14.2 Å². The Bertz CT molecular complexity index is 2600. The number of anilines is 1. The van der Waals surface area contributed by atoms with E-state index in [1.165, 1.54) is 19.6 Å². The Kier molecular flexibility index (Phi) is 13.8. The number of piperazine rings is 1. The molecule has 69 heavy (non-hydrogen) atoms. The minimum atomic E-state index is -2.20. The van der Waals surface area contributed by atoms with Gasteiger partial charge in [0.2, 0.25) is 0 Å². The zero-order chi connectivity index (χ0) is 49.0. The number of rotatable bonds is 13. The van der Waals surface area contributed by atoms with Crippen LogP contribution in [0.2, 0.25) is 16.6 Å². The van der Waals surface area contributed by atoms with E-state index in [-0.39, 0.29) is 58.5 Å². The van der Waals surface area contributed by atoms with Gasteiger partial charge >= 0.3 is 12.1 Å². The van der Waals surface area contributed by atoms with Crippen molar-refractivity contribution in [1.82, 2.24) is 19.8 Å². The summed E-state index contributed by atoms with van der Waals surface area (Å²) in [5.41, 5.74) is 4.97. The Balaban J connectivity index is 1.14. The number of hydrogen-bond acceptors (Lipinski definition) is 10. The maximum Gasteiger partial charge on any atom is 0.410 e. The number of likely N-dealkylation sites (tertiary alicyclic amines) is 1. The molecule has 1 aromatic heterocycles. The lowest BCUT2D eigenvalue weighted by Gasteiger charge is -2.42. The van der Waals surface area contributed by atoms with Crippen molar-refractivity contribution in [2.75, 3.05) is 64.7 Å². The molecule has 3 unspecified atom stereocenters. The Hall–Kier alpha value is -4.55. The first-order valence-corrected chi connectivity index (χ1v) is 27.8. The molecule has 4 aliphatic heterocycles. The topological polar surface area (TPSA) is 98.7 Å². The summed E-state index contributed by atoms with van der Waals surface area (Å²) in [5, 5.41) is 1.60. The molecule has 1 aliphatic carbocycles. The van der Waals surface area contributed by atoms with Crippen LogP contribution in [0.1, 0.15) is 119 Å². The number of halogens is 2. The lowest BCUT2D eigenvalue weighted by Crippen LogP contribution is -2.57. The first kappa shape index (κ1) is 49.4. The third kappa shape index (κ3) is 9.79. The largest absolute Gasteiger partial charge is 0.468 e. The summed E-state index contributed by atoms with van der Waals surface area (Å²) in [7, 11) is -0.664. The maximum atomic E-state index is 18.1. The highest BCUT2D eigenvalue weighted by atomic mass is 28.3. The van der Waals surface area contributed by atoms with Crippen molar-refractivity contribution in [1.29, 1.82) is 0 Å². The van der Waals surface area contributed by atoms with Gasteiger partial charge in [-0.05, 0) is 118 Å². The molecule has 1 amide bonds. The van der Waals surface area contributed by atoms with Gasteiger partial charge in [-0.3, -0.25) is 9.80 Å². The van der Waals surface area contributed by atoms with Crippen molar-refractivity contribution in [3.05, 3.63) is 53.6 Å². The SMILES string of the molecule is COCOc1cc(-c2c(F)cc3c(N4CC5CCC(C4)N5C(=O)OC(C)(C)C)nc(OCC4(CN5CCC6(CCCCO6)C5)CC4)nc3c2F)c2c(C#C[Si](C(C)C)(C(C)C)C(C)C)cccc2c1. The van der Waals surface area contributed by atoms with Crippen molar-refractivity contribution >= 4 is 41.7 Å². The smallest absolute Gasteiger partial charge is 0.410 e. The fourth-order valence-electron chi connectivity index (χ4n) is 12.4. The van der Waals surface area contributed by atoms with Crippen molar-refractivity contribution in [2.45, 2.75) is 154 Å². The summed E-state index contributed by atoms with van der Waals surface area (Å²) < 4.78 is 65.6. The van der Waals surface area contributed by atoms with E-state index in [1.54, 1.807) is 6.07 Å².